The Morgan fingerprint density at radius 1 is 0.600 bits per heavy atom. The number of methoxy groups -OCH3 is 4. The number of ether oxygens (including phenoxy) is 4. The van der Waals surface area contributed by atoms with E-state index in [9.17, 15) is 9.59 Å². The topological polar surface area (TPSA) is 141 Å². The van der Waals surface area contributed by atoms with Crippen LogP contribution in [-0.4, -0.2) is 56.0 Å². The van der Waals surface area contributed by atoms with Crippen molar-refractivity contribution >= 4 is 97.8 Å². The minimum atomic E-state index is -3.72. The minimum absolute atomic E-state index is 0.0948. The maximum absolute atomic E-state index is 13.1. The Hall–Kier alpha value is -3.95. The summed E-state index contributed by atoms with van der Waals surface area (Å²) in [6.07, 6.45) is 3.27. The van der Waals surface area contributed by atoms with E-state index in [1.54, 1.807) is 66.1 Å². The summed E-state index contributed by atoms with van der Waals surface area (Å²) in [4.78, 5) is 34.3. The van der Waals surface area contributed by atoms with Gasteiger partial charge in [0.15, 0.2) is 0 Å². The summed E-state index contributed by atoms with van der Waals surface area (Å²) >= 11 is 24.9. The fourth-order valence-corrected chi connectivity index (χ4v) is 6.60. The molecule has 55 heavy (non-hydrogen) atoms. The van der Waals surface area contributed by atoms with Crippen LogP contribution in [0.5, 0.6) is 23.0 Å². The number of pyridine rings is 4. The predicted molar refractivity (Wildman–Crippen MR) is 221 cm³/mol. The summed E-state index contributed by atoms with van der Waals surface area (Å²) in [6, 6.07) is 13.8. The molecule has 0 N–H and O–H groups in total. The second kappa shape index (κ2) is 18.8. The van der Waals surface area contributed by atoms with Crippen LogP contribution in [-0.2, 0) is 21.4 Å². The van der Waals surface area contributed by atoms with E-state index in [0.29, 0.717) is 68.6 Å². The molecule has 0 saturated heterocycles. The van der Waals surface area contributed by atoms with E-state index >= 15 is 0 Å². The number of nitrogens with zero attached hydrogens (tertiary/aromatic N) is 4. The van der Waals surface area contributed by atoms with Crippen molar-refractivity contribution in [1.29, 1.82) is 0 Å². The van der Waals surface area contributed by atoms with Gasteiger partial charge in [0.1, 0.15) is 33.3 Å². The Morgan fingerprint density at radius 3 is 1.38 bits per heavy atom. The first kappa shape index (κ1) is 43.8. The average Bonchev–Trinajstić information content (AvgIpc) is 3.14. The van der Waals surface area contributed by atoms with E-state index in [1.165, 1.54) is 14.2 Å². The first-order valence-corrected chi connectivity index (χ1v) is 20.5. The van der Waals surface area contributed by atoms with Crippen molar-refractivity contribution in [1.82, 2.24) is 19.1 Å². The van der Waals surface area contributed by atoms with Crippen molar-refractivity contribution in [3.8, 4) is 45.3 Å². The number of halogens is 6. The van der Waals surface area contributed by atoms with E-state index in [4.69, 9.17) is 73.8 Å². The van der Waals surface area contributed by atoms with Crippen LogP contribution >= 0.6 is 67.8 Å². The van der Waals surface area contributed by atoms with Gasteiger partial charge in [0, 0.05) is 80.9 Å². The lowest BCUT2D eigenvalue weighted by Crippen LogP contribution is -2.21. The molecule has 0 saturated carbocycles. The van der Waals surface area contributed by atoms with Gasteiger partial charge in [-0.3, -0.25) is 9.59 Å². The highest BCUT2D eigenvalue weighted by Gasteiger charge is 2.22. The van der Waals surface area contributed by atoms with Crippen molar-refractivity contribution in [2.75, 3.05) is 28.4 Å². The molecule has 292 valence electrons. The summed E-state index contributed by atoms with van der Waals surface area (Å²) in [5.74, 6) is 1.97. The summed E-state index contributed by atoms with van der Waals surface area (Å²) in [7, 11) is 10.9. The van der Waals surface area contributed by atoms with E-state index < -0.39 is 8.26 Å². The molecule has 6 aromatic rings. The Morgan fingerprint density at radius 2 is 1.00 bits per heavy atom. The smallest absolute Gasteiger partial charge is 0.317 e. The number of rotatable bonds is 8. The molecule has 0 radical (unpaired) electrons. The maximum atomic E-state index is 13.1. The predicted octanol–water partition coefficient (Wildman–Crippen LogP) is 9.52. The highest BCUT2D eigenvalue weighted by Crippen LogP contribution is 2.45. The molecule has 0 fully saturated rings. The molecule has 0 aliphatic carbocycles. The lowest BCUT2D eigenvalue weighted by Gasteiger charge is -2.16. The van der Waals surface area contributed by atoms with E-state index in [1.807, 2.05) is 32.0 Å². The summed E-state index contributed by atoms with van der Waals surface area (Å²) in [5.41, 5.74) is 3.08. The Kier molecular flexibility index (Phi) is 15.0. The van der Waals surface area contributed by atoms with Gasteiger partial charge in [-0.2, -0.15) is 8.42 Å². The zero-order chi connectivity index (χ0) is 40.8. The number of fused-ring (bicyclic) bond motifs is 2. The Labute approximate surface area is 344 Å². The van der Waals surface area contributed by atoms with E-state index in [0.717, 1.165) is 21.9 Å². The molecule has 4 heterocycles. The number of hydrogen-bond acceptors (Lipinski definition) is 10. The van der Waals surface area contributed by atoms with Gasteiger partial charge < -0.3 is 28.1 Å². The SMILES string of the molecule is CCn1c(=O)c(-c2c(Cl)c(OC)cc(OC)c2Cl)cc2cnc(Cl)cc21.CCn1c(=O)c(-c2cc(OC)cc(OC)c2)cc2cnc(Cl)cc21.O=S(=O)(Cl)Cl. The molecule has 0 aliphatic rings. The van der Waals surface area contributed by atoms with Crippen LogP contribution in [0.1, 0.15) is 13.8 Å². The summed E-state index contributed by atoms with van der Waals surface area (Å²) in [5, 5.41) is 2.72. The number of hydrogen-bond donors (Lipinski definition) is 0. The van der Waals surface area contributed by atoms with Gasteiger partial charge in [-0.25, -0.2) is 9.97 Å². The third-order valence-corrected chi connectivity index (χ3v) is 9.19. The van der Waals surface area contributed by atoms with Crippen LogP contribution in [0.25, 0.3) is 44.1 Å². The zero-order valence-electron chi connectivity index (χ0n) is 29.9. The van der Waals surface area contributed by atoms with Gasteiger partial charge in [0.25, 0.3) is 11.1 Å². The van der Waals surface area contributed by atoms with E-state index in [-0.39, 0.29) is 21.2 Å². The van der Waals surface area contributed by atoms with Crippen molar-refractivity contribution in [3.05, 3.63) is 102 Å². The van der Waals surface area contributed by atoms with Crippen molar-refractivity contribution in [2.24, 2.45) is 0 Å². The van der Waals surface area contributed by atoms with Crippen molar-refractivity contribution < 1.29 is 27.4 Å². The second-order valence-electron chi connectivity index (χ2n) is 11.1. The van der Waals surface area contributed by atoms with E-state index in [2.05, 4.69) is 31.3 Å². The highest BCUT2D eigenvalue weighted by molar-refractivity contribution is 8.31. The highest BCUT2D eigenvalue weighted by atomic mass is 36.0. The largest absolute Gasteiger partial charge is 0.497 e. The van der Waals surface area contributed by atoms with Crippen LogP contribution < -0.4 is 30.1 Å². The maximum Gasteiger partial charge on any atom is 0.317 e. The monoisotopic (exact) mass is 890 g/mol. The van der Waals surface area contributed by atoms with Crippen LogP contribution in [0.4, 0.5) is 0 Å². The molecular formula is C36H32Cl6N4O8S. The molecule has 19 heteroatoms. The van der Waals surface area contributed by atoms with Gasteiger partial charge in [-0.15, -0.1) is 0 Å². The molecule has 0 spiro atoms. The zero-order valence-corrected chi connectivity index (χ0v) is 35.3. The Balaban J connectivity index is 0.000000219. The molecule has 12 nitrogen and oxygen atoms in total. The molecule has 4 aromatic heterocycles. The molecule has 2 aromatic carbocycles. The number of benzene rings is 2. The van der Waals surface area contributed by atoms with Gasteiger partial charge in [0.05, 0.1) is 55.1 Å². The summed E-state index contributed by atoms with van der Waals surface area (Å²) in [6.45, 7) is 4.77. The molecular weight excluding hydrogens is 861 g/mol. The molecule has 0 amide bonds. The third kappa shape index (κ3) is 10.3. The van der Waals surface area contributed by atoms with Crippen LogP contribution in [0.2, 0.25) is 20.4 Å². The minimum Gasteiger partial charge on any atom is -0.497 e. The molecule has 0 unspecified atom stereocenters. The average molecular weight is 893 g/mol. The number of aromatic nitrogens is 4. The van der Waals surface area contributed by atoms with Crippen molar-refractivity contribution in [3.63, 3.8) is 0 Å². The lowest BCUT2D eigenvalue weighted by atomic mass is 10.0. The van der Waals surface area contributed by atoms with Crippen LogP contribution in [0, 0.1) is 0 Å². The normalized spacial score (nSPS) is 11.0. The first-order chi connectivity index (χ1) is 26.0. The first-order valence-electron chi connectivity index (χ1n) is 15.9. The van der Waals surface area contributed by atoms with Gasteiger partial charge in [-0.1, -0.05) is 46.4 Å². The second-order valence-corrected chi connectivity index (χ2v) is 16.3. The molecule has 0 aliphatic heterocycles. The summed E-state index contributed by atoms with van der Waals surface area (Å²) < 4.78 is 42.8. The molecule has 6 rings (SSSR count). The van der Waals surface area contributed by atoms with Crippen LogP contribution in [0.3, 0.4) is 0 Å². The van der Waals surface area contributed by atoms with Gasteiger partial charge >= 0.3 is 8.26 Å². The lowest BCUT2D eigenvalue weighted by molar-refractivity contribution is 0.394. The quantitative estimate of drug-likeness (QED) is 0.107. The standard InChI is InChI=1S/C18H15Cl3N2O3.C18H17ClN2O3.Cl2O2S/c1-4-23-11-6-14(19)22-8-9(11)5-10(18(23)24)15-16(20)12(25-2)7-13(26-3)17(15)21;1-4-21-16-9-17(19)20-10-12(16)7-15(18(21)22)11-5-13(23-2)8-14(6-11)24-3;1-5(2,3)4/h5-8H,4H2,1-3H3;5-10H,4H2,1-3H3;. The van der Waals surface area contributed by atoms with Gasteiger partial charge in [-0.05, 0) is 55.8 Å². The van der Waals surface area contributed by atoms with Crippen LogP contribution in [0.15, 0.2) is 70.5 Å². The third-order valence-electron chi connectivity index (χ3n) is 8.03. The number of aryl methyl sites for hydroxylation is 2. The molecule has 0 bridgehead atoms. The Bertz CT molecular complexity index is 2560. The molecule has 0 atom stereocenters. The fraction of sp³-hybridized carbons (Fsp3) is 0.222. The van der Waals surface area contributed by atoms with Gasteiger partial charge in [0.2, 0.25) is 0 Å². The fourth-order valence-electron chi connectivity index (χ4n) is 5.59. The van der Waals surface area contributed by atoms with Crippen molar-refractivity contribution in [2.45, 2.75) is 26.9 Å².